The van der Waals surface area contributed by atoms with Crippen LogP contribution in [0.5, 0.6) is 0 Å². The molecule has 1 aromatic carbocycles. The van der Waals surface area contributed by atoms with Crippen molar-refractivity contribution < 1.29 is 19.8 Å². The van der Waals surface area contributed by atoms with Crippen LogP contribution in [0.1, 0.15) is 45.6 Å². The van der Waals surface area contributed by atoms with Crippen LogP contribution in [-0.4, -0.2) is 52.7 Å². The van der Waals surface area contributed by atoms with Crippen LogP contribution in [0.4, 0.5) is 0 Å². The van der Waals surface area contributed by atoms with Crippen molar-refractivity contribution in [3.05, 3.63) is 35.9 Å². The first-order valence-electron chi connectivity index (χ1n) is 10.5. The number of rotatable bonds is 7. The number of amides is 2. The van der Waals surface area contributed by atoms with Gasteiger partial charge in [-0.25, -0.2) is 0 Å². The van der Waals surface area contributed by atoms with Crippen molar-refractivity contribution >= 4 is 11.8 Å². The van der Waals surface area contributed by atoms with Gasteiger partial charge in [-0.05, 0) is 41.1 Å². The molecule has 29 heavy (non-hydrogen) atoms. The number of aliphatic hydroxyl groups excluding tert-OH is 2. The summed E-state index contributed by atoms with van der Waals surface area (Å²) in [4.78, 5) is 26.9. The lowest BCUT2D eigenvalue weighted by molar-refractivity contribution is -0.137. The maximum atomic E-state index is 12.7. The number of likely N-dealkylation sites (N-methyl/N-ethyl adjacent to an activating group) is 1. The van der Waals surface area contributed by atoms with E-state index in [9.17, 15) is 19.8 Å². The molecule has 3 N–H and O–H groups in total. The lowest BCUT2D eigenvalue weighted by Gasteiger charge is -2.37. The summed E-state index contributed by atoms with van der Waals surface area (Å²) < 4.78 is 0. The summed E-state index contributed by atoms with van der Waals surface area (Å²) >= 11 is 0. The third-order valence-electron chi connectivity index (χ3n) is 7.82. The lowest BCUT2D eigenvalue weighted by Crippen LogP contribution is -2.50. The van der Waals surface area contributed by atoms with Crippen molar-refractivity contribution in [3.63, 3.8) is 0 Å². The van der Waals surface area contributed by atoms with Crippen LogP contribution in [0.2, 0.25) is 0 Å². The van der Waals surface area contributed by atoms with E-state index in [-0.39, 0.29) is 40.9 Å². The Morgan fingerprint density at radius 1 is 1.24 bits per heavy atom. The monoisotopic (exact) mass is 402 g/mol. The van der Waals surface area contributed by atoms with Crippen molar-refractivity contribution in [2.75, 3.05) is 13.7 Å². The van der Waals surface area contributed by atoms with E-state index < -0.39 is 18.8 Å². The molecule has 160 valence electrons. The molecule has 0 saturated heterocycles. The molecule has 2 aliphatic carbocycles. The average molecular weight is 403 g/mol. The van der Waals surface area contributed by atoms with Crippen molar-refractivity contribution in [2.45, 2.75) is 58.7 Å². The fourth-order valence-electron chi connectivity index (χ4n) is 5.64. The normalized spacial score (nSPS) is 30.8. The molecule has 0 aromatic heterocycles. The number of hydrogen-bond acceptors (Lipinski definition) is 4. The molecule has 2 amide bonds. The first kappa shape index (κ1) is 21.8. The second-order valence-corrected chi connectivity index (χ2v) is 9.58. The molecule has 3 rings (SSSR count). The number of fused-ring (bicyclic) bond motifs is 2. The molecule has 2 bridgehead atoms. The standard InChI is InChI=1S/C23H34N2O4/c1-22(2)17-10-11-23(22,3)20(28)16(17)12-19(27)24-18(14-26)21(29)25(4)13-15-8-6-5-7-9-15/h5-9,16-18,20,26,28H,10-14H2,1-4H3,(H,24,27). The molecular weight excluding hydrogens is 368 g/mol. The molecule has 2 saturated carbocycles. The molecule has 5 atom stereocenters. The zero-order chi connectivity index (χ0) is 21.4. The van der Waals surface area contributed by atoms with Crippen LogP contribution in [0.3, 0.4) is 0 Å². The number of carbonyl (C=O) groups is 2. The summed E-state index contributed by atoms with van der Waals surface area (Å²) in [6, 6.07) is 8.59. The highest BCUT2D eigenvalue weighted by molar-refractivity contribution is 5.87. The van der Waals surface area contributed by atoms with Gasteiger partial charge in [-0.3, -0.25) is 9.59 Å². The molecule has 5 unspecified atom stereocenters. The highest BCUT2D eigenvalue weighted by Gasteiger charge is 2.65. The fourth-order valence-corrected chi connectivity index (χ4v) is 5.64. The zero-order valence-corrected chi connectivity index (χ0v) is 17.9. The molecule has 6 nitrogen and oxygen atoms in total. The van der Waals surface area contributed by atoms with Gasteiger partial charge < -0.3 is 20.4 Å². The Labute approximate surface area is 173 Å². The maximum absolute atomic E-state index is 12.7. The van der Waals surface area contributed by atoms with Gasteiger partial charge in [0.15, 0.2) is 0 Å². The van der Waals surface area contributed by atoms with E-state index in [4.69, 9.17) is 0 Å². The maximum Gasteiger partial charge on any atom is 0.247 e. The number of aliphatic hydroxyl groups is 2. The van der Waals surface area contributed by atoms with Gasteiger partial charge in [-0.1, -0.05) is 51.1 Å². The van der Waals surface area contributed by atoms with E-state index in [0.717, 1.165) is 18.4 Å². The van der Waals surface area contributed by atoms with Gasteiger partial charge in [0.25, 0.3) is 0 Å². The lowest BCUT2D eigenvalue weighted by atomic mass is 9.70. The molecule has 1 aromatic rings. The Morgan fingerprint density at radius 3 is 2.45 bits per heavy atom. The zero-order valence-electron chi connectivity index (χ0n) is 17.9. The largest absolute Gasteiger partial charge is 0.394 e. The van der Waals surface area contributed by atoms with Gasteiger partial charge in [-0.2, -0.15) is 0 Å². The minimum atomic E-state index is -0.976. The third kappa shape index (κ3) is 3.80. The van der Waals surface area contributed by atoms with Crippen LogP contribution in [-0.2, 0) is 16.1 Å². The first-order valence-corrected chi connectivity index (χ1v) is 10.5. The topological polar surface area (TPSA) is 89.9 Å². The molecule has 0 aliphatic heterocycles. The Bertz CT molecular complexity index is 751. The van der Waals surface area contributed by atoms with E-state index in [1.54, 1.807) is 7.05 Å². The van der Waals surface area contributed by atoms with Crippen molar-refractivity contribution in [2.24, 2.45) is 22.7 Å². The SMILES string of the molecule is CN(Cc1ccccc1)C(=O)C(CO)NC(=O)CC1C2CCC(C)(C1O)C2(C)C. The average Bonchev–Trinajstić information content (AvgIpc) is 3.00. The minimum Gasteiger partial charge on any atom is -0.394 e. The third-order valence-corrected chi connectivity index (χ3v) is 7.82. The number of hydrogen-bond donors (Lipinski definition) is 3. The highest BCUT2D eigenvalue weighted by Crippen LogP contribution is 2.68. The van der Waals surface area contributed by atoms with E-state index in [1.807, 2.05) is 30.3 Å². The van der Waals surface area contributed by atoms with Crippen LogP contribution < -0.4 is 5.32 Å². The molecule has 0 radical (unpaired) electrons. The molecular formula is C23H34N2O4. The van der Waals surface area contributed by atoms with E-state index in [2.05, 4.69) is 26.1 Å². The quantitative estimate of drug-likeness (QED) is 0.650. The summed E-state index contributed by atoms with van der Waals surface area (Å²) in [5, 5.41) is 23.3. The minimum absolute atomic E-state index is 0.0144. The van der Waals surface area contributed by atoms with E-state index in [0.29, 0.717) is 6.54 Å². The predicted octanol–water partition coefficient (Wildman–Crippen LogP) is 1.95. The van der Waals surface area contributed by atoms with Crippen LogP contribution >= 0.6 is 0 Å². The summed E-state index contributed by atoms with van der Waals surface area (Å²) in [5.41, 5.74) is 0.788. The fraction of sp³-hybridized carbons (Fsp3) is 0.652. The van der Waals surface area contributed by atoms with Gasteiger partial charge in [0, 0.05) is 20.0 Å². The second kappa shape index (κ2) is 8.07. The summed E-state index contributed by atoms with van der Waals surface area (Å²) in [6.07, 6.45) is 1.65. The van der Waals surface area contributed by atoms with Crippen LogP contribution in [0.25, 0.3) is 0 Å². The van der Waals surface area contributed by atoms with Gasteiger partial charge >= 0.3 is 0 Å². The summed E-state index contributed by atoms with van der Waals surface area (Å²) in [6.45, 7) is 6.44. The summed E-state index contributed by atoms with van der Waals surface area (Å²) in [5.74, 6) is -0.440. The number of carbonyl (C=O) groups excluding carboxylic acids is 2. The molecule has 0 spiro atoms. The summed E-state index contributed by atoms with van der Waals surface area (Å²) in [7, 11) is 1.66. The van der Waals surface area contributed by atoms with Crippen molar-refractivity contribution in [1.29, 1.82) is 0 Å². The van der Waals surface area contributed by atoms with E-state index in [1.165, 1.54) is 4.90 Å². The van der Waals surface area contributed by atoms with Gasteiger partial charge in [0.1, 0.15) is 6.04 Å². The Hall–Kier alpha value is -1.92. The number of benzene rings is 1. The highest BCUT2D eigenvalue weighted by atomic mass is 16.3. The van der Waals surface area contributed by atoms with E-state index >= 15 is 0 Å². The van der Waals surface area contributed by atoms with Gasteiger partial charge in [0.05, 0.1) is 12.7 Å². The molecule has 2 fully saturated rings. The van der Waals surface area contributed by atoms with Crippen LogP contribution in [0.15, 0.2) is 30.3 Å². The molecule has 6 heteroatoms. The second-order valence-electron chi connectivity index (χ2n) is 9.58. The predicted molar refractivity (Wildman–Crippen MR) is 111 cm³/mol. The Morgan fingerprint density at radius 2 is 1.90 bits per heavy atom. The van der Waals surface area contributed by atoms with Crippen LogP contribution in [0, 0.1) is 22.7 Å². The smallest absolute Gasteiger partial charge is 0.247 e. The van der Waals surface area contributed by atoms with Gasteiger partial charge in [-0.15, -0.1) is 0 Å². The van der Waals surface area contributed by atoms with Crippen molar-refractivity contribution in [1.82, 2.24) is 10.2 Å². The molecule has 2 aliphatic rings. The first-order chi connectivity index (χ1) is 13.6. The number of nitrogens with one attached hydrogen (secondary N) is 1. The van der Waals surface area contributed by atoms with Crippen molar-refractivity contribution in [3.8, 4) is 0 Å². The number of nitrogens with zero attached hydrogens (tertiary/aromatic N) is 1. The van der Waals surface area contributed by atoms with Gasteiger partial charge in [0.2, 0.25) is 11.8 Å². The Balaban J connectivity index is 1.59. The Kier molecular flexibility index (Phi) is 6.06. The molecule has 0 heterocycles.